The Balaban J connectivity index is 0.914. The normalized spacial score (nSPS) is 11.6. The number of unbranched alkanes of at least 4 members (excludes halogenated alkanes) is 1. The smallest absolute Gasteiger partial charge is 0.193 e. The fourth-order valence-electron chi connectivity index (χ4n) is 5.07. The summed E-state index contributed by atoms with van der Waals surface area (Å²) in [7, 11) is 0. The first-order valence-electron chi connectivity index (χ1n) is 16.5. The van der Waals surface area contributed by atoms with E-state index in [1.165, 1.54) is 23.2 Å². The molecule has 0 radical (unpaired) electrons. The summed E-state index contributed by atoms with van der Waals surface area (Å²) >= 11 is 0. The van der Waals surface area contributed by atoms with Crippen LogP contribution < -0.4 is 26.5 Å². The van der Waals surface area contributed by atoms with Gasteiger partial charge in [0, 0.05) is 29.6 Å². The molecule has 0 saturated carbocycles. The molecule has 5 aromatic rings. The summed E-state index contributed by atoms with van der Waals surface area (Å²) < 4.78 is 36.3. The molecular weight excluding hydrogens is 653 g/mol. The van der Waals surface area contributed by atoms with Crippen LogP contribution in [0.15, 0.2) is 124 Å². The van der Waals surface area contributed by atoms with Crippen LogP contribution in [0.4, 0.5) is 4.39 Å². The highest BCUT2D eigenvalue weighted by Crippen LogP contribution is 2.25. The van der Waals surface area contributed by atoms with E-state index in [2.05, 4.69) is 0 Å². The van der Waals surface area contributed by atoms with Gasteiger partial charge < -0.3 is 34.5 Å². The van der Waals surface area contributed by atoms with Gasteiger partial charge in [0.05, 0.1) is 37.3 Å². The number of carbonyl (C=O) groups excluding carboxylic acids is 1. The average Bonchev–Trinajstić information content (AvgIpc) is 3.12. The number of rotatable bonds is 18. The van der Waals surface area contributed by atoms with Gasteiger partial charge in [-0.2, -0.15) is 0 Å². The second-order valence-corrected chi connectivity index (χ2v) is 11.6. The number of hydrogen-bond acceptors (Lipinski definition) is 10. The van der Waals surface area contributed by atoms with Crippen molar-refractivity contribution in [3.05, 3.63) is 142 Å². The zero-order valence-corrected chi connectivity index (χ0v) is 28.0. The number of carbonyl (C=O) groups is 1. The molecule has 1 aromatic heterocycles. The number of nitrogens with two attached hydrogens (primary N) is 2. The summed E-state index contributed by atoms with van der Waals surface area (Å²) in [6.07, 6.45) is 6.92. The van der Waals surface area contributed by atoms with E-state index < -0.39 is 17.3 Å². The lowest BCUT2D eigenvalue weighted by Gasteiger charge is -2.15. The number of fused-ring (bicyclic) bond motifs is 1. The molecule has 51 heavy (non-hydrogen) atoms. The second-order valence-electron chi connectivity index (χ2n) is 11.6. The van der Waals surface area contributed by atoms with Crippen LogP contribution in [0.1, 0.15) is 35.2 Å². The lowest BCUT2D eigenvalue weighted by molar-refractivity contribution is 0.0881. The SMILES string of the molecule is N/C(=C\N(N)CCOCCOc1ccc(-c2cc(=O)c3ccccc3o2)cc1)CCCCOc1ccc(/C=C/C(=O)c2ccc(F)cc2O)cc1. The van der Waals surface area contributed by atoms with Crippen molar-refractivity contribution >= 4 is 22.8 Å². The van der Waals surface area contributed by atoms with E-state index in [0.29, 0.717) is 73.3 Å². The van der Waals surface area contributed by atoms with Crippen molar-refractivity contribution in [3.8, 4) is 28.6 Å². The van der Waals surface area contributed by atoms with Crippen LogP contribution in [0, 0.1) is 5.82 Å². The maximum Gasteiger partial charge on any atom is 0.193 e. The van der Waals surface area contributed by atoms with Crippen molar-refractivity contribution in [1.82, 2.24) is 5.01 Å². The number of ketones is 1. The first kappa shape index (κ1) is 36.4. The van der Waals surface area contributed by atoms with E-state index >= 15 is 0 Å². The summed E-state index contributed by atoms with van der Waals surface area (Å²) in [5, 5.41) is 11.8. The summed E-state index contributed by atoms with van der Waals surface area (Å²) in [5.41, 5.74) is 8.85. The molecule has 0 atom stereocenters. The van der Waals surface area contributed by atoms with Gasteiger partial charge in [-0.1, -0.05) is 30.3 Å². The van der Waals surface area contributed by atoms with Crippen LogP contribution in [0.25, 0.3) is 28.4 Å². The van der Waals surface area contributed by atoms with Gasteiger partial charge in [0.15, 0.2) is 11.2 Å². The van der Waals surface area contributed by atoms with Crippen molar-refractivity contribution in [2.24, 2.45) is 11.6 Å². The summed E-state index contributed by atoms with van der Waals surface area (Å²) in [5.74, 6) is 6.49. The molecule has 0 bridgehead atoms. The Bertz CT molecular complexity index is 2030. The molecule has 0 aliphatic rings. The van der Waals surface area contributed by atoms with Gasteiger partial charge in [-0.3, -0.25) is 9.59 Å². The van der Waals surface area contributed by atoms with Gasteiger partial charge >= 0.3 is 0 Å². The number of para-hydroxylation sites is 1. The van der Waals surface area contributed by atoms with Crippen molar-refractivity contribution < 1.29 is 32.9 Å². The second kappa shape index (κ2) is 18.2. The number of phenols is 1. The molecule has 5 N–H and O–H groups in total. The molecule has 0 fully saturated rings. The number of hydrogen-bond donors (Lipinski definition) is 3. The zero-order chi connectivity index (χ0) is 36.0. The van der Waals surface area contributed by atoms with Crippen LogP contribution in [-0.2, 0) is 4.74 Å². The number of allylic oxidation sites excluding steroid dienone is 2. The maximum absolute atomic E-state index is 13.1. The molecule has 10 nitrogen and oxygen atoms in total. The topological polar surface area (TPSA) is 150 Å². The number of aromatic hydroxyl groups is 1. The number of phenolic OH excluding ortho intramolecular Hbond substituents is 1. The highest BCUT2D eigenvalue weighted by Gasteiger charge is 2.10. The van der Waals surface area contributed by atoms with Crippen molar-refractivity contribution in [2.75, 3.05) is 33.0 Å². The minimum absolute atomic E-state index is 0.0339. The Hall–Kier alpha value is -5.91. The minimum atomic E-state index is -0.610. The van der Waals surface area contributed by atoms with Gasteiger partial charge in [0.25, 0.3) is 0 Å². The summed E-state index contributed by atoms with van der Waals surface area (Å²) in [4.78, 5) is 24.7. The van der Waals surface area contributed by atoms with E-state index in [1.54, 1.807) is 24.4 Å². The molecule has 0 saturated heterocycles. The Morgan fingerprint density at radius 2 is 1.59 bits per heavy atom. The number of hydrazine groups is 1. The summed E-state index contributed by atoms with van der Waals surface area (Å²) in [6, 6.07) is 26.5. The van der Waals surface area contributed by atoms with Crippen LogP contribution in [0.5, 0.6) is 17.2 Å². The Morgan fingerprint density at radius 1 is 0.863 bits per heavy atom. The number of nitrogens with zero attached hydrogens (tertiary/aromatic N) is 1. The molecule has 264 valence electrons. The molecule has 11 heteroatoms. The quantitative estimate of drug-likeness (QED) is 0.0293. The Kier molecular flexibility index (Phi) is 13.0. The standard InChI is InChI=1S/C40H40FN3O7/c41-30-13-18-34(37(46)25-30)36(45)19-10-28-8-14-32(15-9-28)49-21-4-3-5-31(42)27-44(43)20-22-48-23-24-50-33-16-11-29(12-17-33)40-26-38(47)35-6-1-2-7-39(35)51-40/h1-2,6-19,25-27,46H,3-5,20-24,42-43H2/b19-10+,31-27-. The van der Waals surface area contributed by atoms with Gasteiger partial charge in [-0.25, -0.2) is 10.2 Å². The van der Waals surface area contributed by atoms with Crippen molar-refractivity contribution in [1.29, 1.82) is 0 Å². The number of halogens is 1. The van der Waals surface area contributed by atoms with Crippen molar-refractivity contribution in [2.45, 2.75) is 19.3 Å². The molecule has 5 rings (SSSR count). The van der Waals surface area contributed by atoms with E-state index in [1.807, 2.05) is 60.7 Å². The monoisotopic (exact) mass is 693 g/mol. The minimum Gasteiger partial charge on any atom is -0.507 e. The Morgan fingerprint density at radius 3 is 2.35 bits per heavy atom. The molecule has 4 aromatic carbocycles. The molecule has 0 unspecified atom stereocenters. The van der Waals surface area contributed by atoms with Crippen LogP contribution in [-0.4, -0.2) is 48.9 Å². The van der Waals surface area contributed by atoms with Crippen LogP contribution in [0.2, 0.25) is 0 Å². The average molecular weight is 694 g/mol. The fraction of sp³-hybridized carbons (Fsp3) is 0.200. The first-order chi connectivity index (χ1) is 24.7. The molecular formula is C40H40FN3O7. The van der Waals surface area contributed by atoms with Gasteiger partial charge in [-0.05, 0) is 91.6 Å². The Labute approximate surface area is 294 Å². The predicted molar refractivity (Wildman–Crippen MR) is 195 cm³/mol. The number of benzene rings is 4. The van der Waals surface area contributed by atoms with Gasteiger partial charge in [0.1, 0.15) is 41.0 Å². The van der Waals surface area contributed by atoms with Crippen LogP contribution >= 0.6 is 0 Å². The van der Waals surface area contributed by atoms with E-state index in [0.717, 1.165) is 36.1 Å². The third-order valence-electron chi connectivity index (χ3n) is 7.76. The summed E-state index contributed by atoms with van der Waals surface area (Å²) in [6.45, 7) is 2.13. The number of ether oxygens (including phenoxy) is 3. The van der Waals surface area contributed by atoms with Gasteiger partial charge in [0.2, 0.25) is 0 Å². The molecule has 0 spiro atoms. The third kappa shape index (κ3) is 11.0. The first-order valence-corrected chi connectivity index (χ1v) is 16.5. The lowest BCUT2D eigenvalue weighted by atomic mass is 10.1. The van der Waals surface area contributed by atoms with Gasteiger partial charge in [-0.15, -0.1) is 0 Å². The molecule has 1 heterocycles. The third-order valence-corrected chi connectivity index (χ3v) is 7.76. The molecule has 0 aliphatic carbocycles. The van der Waals surface area contributed by atoms with Crippen LogP contribution in [0.3, 0.4) is 0 Å². The highest BCUT2D eigenvalue weighted by molar-refractivity contribution is 6.08. The zero-order valence-electron chi connectivity index (χ0n) is 28.0. The predicted octanol–water partition coefficient (Wildman–Crippen LogP) is 6.82. The largest absolute Gasteiger partial charge is 0.507 e. The highest BCUT2D eigenvalue weighted by atomic mass is 19.1. The maximum atomic E-state index is 13.1. The molecule has 0 aliphatic heterocycles. The van der Waals surface area contributed by atoms with E-state index in [4.69, 9.17) is 30.2 Å². The van der Waals surface area contributed by atoms with Crippen molar-refractivity contribution in [3.63, 3.8) is 0 Å². The van der Waals surface area contributed by atoms with E-state index in [9.17, 15) is 19.1 Å². The fourth-order valence-corrected chi connectivity index (χ4v) is 5.07. The molecule has 0 amide bonds. The lowest BCUT2D eigenvalue weighted by Crippen LogP contribution is -2.30. The van der Waals surface area contributed by atoms with E-state index in [-0.39, 0.29) is 11.0 Å².